The minimum atomic E-state index is 0.765. The highest BCUT2D eigenvalue weighted by Crippen LogP contribution is 2.32. The van der Waals surface area contributed by atoms with Crippen LogP contribution in [0.1, 0.15) is 39.0 Å². The lowest BCUT2D eigenvalue weighted by Gasteiger charge is -2.23. The third-order valence-electron chi connectivity index (χ3n) is 3.10. The van der Waals surface area contributed by atoms with Crippen molar-refractivity contribution in [3.8, 4) is 0 Å². The fourth-order valence-electron chi connectivity index (χ4n) is 2.05. The zero-order valence-electron chi connectivity index (χ0n) is 7.92. The molecule has 68 valence electrons. The van der Waals surface area contributed by atoms with E-state index in [1.54, 1.807) is 0 Å². The molecule has 2 aliphatic carbocycles. The molecule has 0 spiro atoms. The summed E-state index contributed by atoms with van der Waals surface area (Å²) in [5, 5.41) is 3.73. The minimum Gasteiger partial charge on any atom is -0.311 e. The van der Waals surface area contributed by atoms with Crippen LogP contribution in [0.2, 0.25) is 0 Å². The summed E-state index contributed by atoms with van der Waals surface area (Å²) in [5.41, 5.74) is 0. The molecule has 2 rings (SSSR count). The Kier molecular flexibility index (Phi) is 2.50. The number of rotatable bonds is 3. The van der Waals surface area contributed by atoms with Crippen molar-refractivity contribution in [2.24, 2.45) is 5.92 Å². The van der Waals surface area contributed by atoms with E-state index in [4.69, 9.17) is 0 Å². The Morgan fingerprint density at radius 1 is 1.25 bits per heavy atom. The summed E-state index contributed by atoms with van der Waals surface area (Å²) in [5.74, 6) is 0.996. The summed E-state index contributed by atoms with van der Waals surface area (Å²) in [6.45, 7) is 2.34. The van der Waals surface area contributed by atoms with Gasteiger partial charge in [0.25, 0.3) is 0 Å². The van der Waals surface area contributed by atoms with Gasteiger partial charge in [0, 0.05) is 12.1 Å². The van der Waals surface area contributed by atoms with E-state index in [0.717, 1.165) is 18.0 Å². The van der Waals surface area contributed by atoms with Gasteiger partial charge in [-0.2, -0.15) is 0 Å². The van der Waals surface area contributed by atoms with Crippen molar-refractivity contribution in [1.82, 2.24) is 5.32 Å². The minimum absolute atomic E-state index is 0.765. The first kappa shape index (κ1) is 8.31. The van der Waals surface area contributed by atoms with Crippen molar-refractivity contribution in [2.45, 2.75) is 51.1 Å². The predicted molar refractivity (Wildman–Crippen MR) is 52.1 cm³/mol. The number of hydrogen-bond donors (Lipinski definition) is 1. The maximum absolute atomic E-state index is 3.73. The Labute approximate surface area is 75.2 Å². The SMILES string of the molecule is CC(NC1CC=CCC1)C1CC1. The highest BCUT2D eigenvalue weighted by atomic mass is 15.0. The fourth-order valence-corrected chi connectivity index (χ4v) is 2.05. The zero-order chi connectivity index (χ0) is 8.39. The maximum atomic E-state index is 3.73. The van der Waals surface area contributed by atoms with Gasteiger partial charge < -0.3 is 5.32 Å². The average Bonchev–Trinajstić information content (AvgIpc) is 2.88. The first-order valence-electron chi connectivity index (χ1n) is 5.27. The van der Waals surface area contributed by atoms with Crippen LogP contribution in [0.5, 0.6) is 0 Å². The van der Waals surface area contributed by atoms with Crippen molar-refractivity contribution in [1.29, 1.82) is 0 Å². The van der Waals surface area contributed by atoms with Crippen LogP contribution in [-0.2, 0) is 0 Å². The van der Waals surface area contributed by atoms with Crippen LogP contribution in [0.25, 0.3) is 0 Å². The number of nitrogens with one attached hydrogen (secondary N) is 1. The predicted octanol–water partition coefficient (Wildman–Crippen LogP) is 2.48. The van der Waals surface area contributed by atoms with E-state index in [1.807, 2.05) is 0 Å². The molecule has 1 N–H and O–H groups in total. The van der Waals surface area contributed by atoms with Gasteiger partial charge in [0.1, 0.15) is 0 Å². The van der Waals surface area contributed by atoms with Gasteiger partial charge in [-0.15, -0.1) is 0 Å². The van der Waals surface area contributed by atoms with Crippen molar-refractivity contribution < 1.29 is 0 Å². The Morgan fingerprint density at radius 2 is 2.08 bits per heavy atom. The van der Waals surface area contributed by atoms with Gasteiger partial charge in [-0.05, 0) is 44.9 Å². The third kappa shape index (κ3) is 2.10. The smallest absolute Gasteiger partial charge is 0.0107 e. The Balaban J connectivity index is 1.73. The molecular formula is C11H19N. The van der Waals surface area contributed by atoms with E-state index in [-0.39, 0.29) is 0 Å². The van der Waals surface area contributed by atoms with Crippen molar-refractivity contribution in [2.75, 3.05) is 0 Å². The van der Waals surface area contributed by atoms with E-state index < -0.39 is 0 Å². The highest BCUT2D eigenvalue weighted by Gasteiger charge is 2.28. The molecule has 0 saturated heterocycles. The van der Waals surface area contributed by atoms with Crippen LogP contribution >= 0.6 is 0 Å². The van der Waals surface area contributed by atoms with Crippen molar-refractivity contribution in [3.63, 3.8) is 0 Å². The molecule has 2 unspecified atom stereocenters. The highest BCUT2D eigenvalue weighted by molar-refractivity contribution is 4.95. The van der Waals surface area contributed by atoms with E-state index in [1.165, 1.54) is 32.1 Å². The molecule has 2 aliphatic rings. The summed E-state index contributed by atoms with van der Waals surface area (Å²) >= 11 is 0. The molecule has 1 heteroatoms. The third-order valence-corrected chi connectivity index (χ3v) is 3.10. The van der Waals surface area contributed by atoms with Gasteiger partial charge in [0.2, 0.25) is 0 Å². The number of hydrogen-bond acceptors (Lipinski definition) is 1. The Morgan fingerprint density at radius 3 is 2.67 bits per heavy atom. The lowest BCUT2D eigenvalue weighted by atomic mass is 10.0. The van der Waals surface area contributed by atoms with E-state index in [9.17, 15) is 0 Å². The van der Waals surface area contributed by atoms with Crippen molar-refractivity contribution >= 4 is 0 Å². The number of allylic oxidation sites excluding steroid dienone is 1. The lowest BCUT2D eigenvalue weighted by molar-refractivity contribution is 0.393. The first-order valence-corrected chi connectivity index (χ1v) is 5.27. The van der Waals surface area contributed by atoms with Gasteiger partial charge in [-0.25, -0.2) is 0 Å². The second-order valence-electron chi connectivity index (χ2n) is 4.27. The zero-order valence-corrected chi connectivity index (χ0v) is 7.92. The van der Waals surface area contributed by atoms with Crippen LogP contribution in [-0.4, -0.2) is 12.1 Å². The largest absolute Gasteiger partial charge is 0.311 e. The summed E-state index contributed by atoms with van der Waals surface area (Å²) in [7, 11) is 0. The van der Waals surface area contributed by atoms with E-state index >= 15 is 0 Å². The first-order chi connectivity index (χ1) is 5.86. The molecule has 12 heavy (non-hydrogen) atoms. The summed E-state index contributed by atoms with van der Waals surface area (Å²) in [6, 6.07) is 1.53. The molecule has 0 heterocycles. The Hall–Kier alpha value is -0.300. The molecule has 0 aromatic heterocycles. The van der Waals surface area contributed by atoms with Crippen LogP contribution in [0.4, 0.5) is 0 Å². The summed E-state index contributed by atoms with van der Waals surface area (Å²) in [6.07, 6.45) is 11.4. The second kappa shape index (κ2) is 3.61. The molecule has 0 radical (unpaired) electrons. The molecule has 1 nitrogen and oxygen atoms in total. The monoisotopic (exact) mass is 165 g/mol. The molecule has 0 aromatic carbocycles. The van der Waals surface area contributed by atoms with Crippen LogP contribution < -0.4 is 5.32 Å². The molecule has 0 amide bonds. The average molecular weight is 165 g/mol. The van der Waals surface area contributed by atoms with Gasteiger partial charge in [0.05, 0.1) is 0 Å². The molecule has 1 saturated carbocycles. The normalized spacial score (nSPS) is 31.9. The van der Waals surface area contributed by atoms with Crippen LogP contribution in [0.3, 0.4) is 0 Å². The molecule has 0 bridgehead atoms. The molecular weight excluding hydrogens is 146 g/mol. The van der Waals surface area contributed by atoms with E-state index in [2.05, 4.69) is 24.4 Å². The molecule has 0 aromatic rings. The fraction of sp³-hybridized carbons (Fsp3) is 0.818. The molecule has 1 fully saturated rings. The van der Waals surface area contributed by atoms with Crippen molar-refractivity contribution in [3.05, 3.63) is 12.2 Å². The van der Waals surface area contributed by atoms with Gasteiger partial charge >= 0.3 is 0 Å². The summed E-state index contributed by atoms with van der Waals surface area (Å²) in [4.78, 5) is 0. The maximum Gasteiger partial charge on any atom is 0.0107 e. The van der Waals surface area contributed by atoms with Gasteiger partial charge in [-0.1, -0.05) is 12.2 Å². The lowest BCUT2D eigenvalue weighted by Crippen LogP contribution is -2.38. The van der Waals surface area contributed by atoms with Crippen LogP contribution in [0, 0.1) is 5.92 Å². The molecule has 0 aliphatic heterocycles. The van der Waals surface area contributed by atoms with E-state index in [0.29, 0.717) is 0 Å². The van der Waals surface area contributed by atoms with Gasteiger partial charge in [-0.3, -0.25) is 0 Å². The summed E-state index contributed by atoms with van der Waals surface area (Å²) < 4.78 is 0. The second-order valence-corrected chi connectivity index (χ2v) is 4.27. The van der Waals surface area contributed by atoms with Crippen LogP contribution in [0.15, 0.2) is 12.2 Å². The standard InChI is InChI=1S/C11H19N/c1-9(10-7-8-10)12-11-5-3-2-4-6-11/h2-3,9-12H,4-8H2,1H3. The quantitative estimate of drug-likeness (QED) is 0.633. The topological polar surface area (TPSA) is 12.0 Å². The Bertz CT molecular complexity index is 170. The van der Waals surface area contributed by atoms with Gasteiger partial charge in [0.15, 0.2) is 0 Å². The molecule has 2 atom stereocenters.